The lowest BCUT2D eigenvalue weighted by atomic mass is 9.97. The van der Waals surface area contributed by atoms with Crippen LogP contribution in [0.5, 0.6) is 0 Å². The Balaban J connectivity index is 3.29. The van der Waals surface area contributed by atoms with Gasteiger partial charge in [0.05, 0.1) is 5.56 Å². The molecule has 1 aromatic rings. The van der Waals surface area contributed by atoms with Crippen molar-refractivity contribution >= 4 is 5.78 Å². The Morgan fingerprint density at radius 2 is 1.33 bits per heavy atom. The number of Topliss-reactive ketones (excluding diaryl/α,β-unsaturated/α-hetero) is 1. The molecule has 1 nitrogen and oxygen atoms in total. The van der Waals surface area contributed by atoms with Crippen molar-refractivity contribution in [2.75, 3.05) is 0 Å². The van der Waals surface area contributed by atoms with E-state index in [0.29, 0.717) is 6.42 Å². The molecule has 1 rings (SSSR count). The van der Waals surface area contributed by atoms with E-state index in [4.69, 9.17) is 0 Å². The molecule has 0 aliphatic rings. The van der Waals surface area contributed by atoms with Gasteiger partial charge in [-0.1, -0.05) is 20.3 Å². The predicted molar refractivity (Wildman–Crippen MR) is 54.6 cm³/mol. The SMILES string of the molecule is CCC(C)CC(=O)c1c(F)c(F)c(F)c(F)c1F. The molecule has 18 heavy (non-hydrogen) atoms. The first-order valence-electron chi connectivity index (χ1n) is 5.35. The van der Waals surface area contributed by atoms with Crippen molar-refractivity contribution < 1.29 is 26.7 Å². The van der Waals surface area contributed by atoms with Gasteiger partial charge in [0.15, 0.2) is 29.1 Å². The highest BCUT2D eigenvalue weighted by atomic mass is 19.2. The van der Waals surface area contributed by atoms with Gasteiger partial charge in [0.25, 0.3) is 0 Å². The molecule has 0 aromatic heterocycles. The van der Waals surface area contributed by atoms with E-state index in [2.05, 4.69) is 0 Å². The third-order valence-corrected chi connectivity index (χ3v) is 2.72. The molecule has 0 heterocycles. The van der Waals surface area contributed by atoms with Crippen LogP contribution in [-0.2, 0) is 0 Å². The van der Waals surface area contributed by atoms with Crippen LogP contribution in [0.1, 0.15) is 37.0 Å². The molecule has 0 aliphatic carbocycles. The van der Waals surface area contributed by atoms with E-state index in [9.17, 15) is 26.7 Å². The van der Waals surface area contributed by atoms with Crippen molar-refractivity contribution in [2.45, 2.75) is 26.7 Å². The summed E-state index contributed by atoms with van der Waals surface area (Å²) in [6, 6.07) is 0. The summed E-state index contributed by atoms with van der Waals surface area (Å²) in [4.78, 5) is 11.5. The normalized spacial score (nSPS) is 12.6. The number of carbonyl (C=O) groups excluding carboxylic acids is 1. The fraction of sp³-hybridized carbons (Fsp3) is 0.417. The van der Waals surface area contributed by atoms with E-state index in [1.54, 1.807) is 13.8 Å². The molecule has 0 aliphatic heterocycles. The van der Waals surface area contributed by atoms with Gasteiger partial charge in [-0.25, -0.2) is 22.0 Å². The number of hydrogen-bond donors (Lipinski definition) is 0. The fourth-order valence-corrected chi connectivity index (χ4v) is 1.41. The van der Waals surface area contributed by atoms with E-state index >= 15 is 0 Å². The Labute approximate surface area is 101 Å². The van der Waals surface area contributed by atoms with Crippen LogP contribution in [0.3, 0.4) is 0 Å². The van der Waals surface area contributed by atoms with Gasteiger partial charge < -0.3 is 0 Å². The summed E-state index contributed by atoms with van der Waals surface area (Å²) >= 11 is 0. The van der Waals surface area contributed by atoms with Crippen molar-refractivity contribution in [3.63, 3.8) is 0 Å². The van der Waals surface area contributed by atoms with Crippen LogP contribution in [0, 0.1) is 35.0 Å². The number of hydrogen-bond acceptors (Lipinski definition) is 1. The van der Waals surface area contributed by atoms with Crippen LogP contribution in [0.2, 0.25) is 0 Å². The highest BCUT2D eigenvalue weighted by molar-refractivity contribution is 5.96. The zero-order valence-electron chi connectivity index (χ0n) is 9.79. The van der Waals surface area contributed by atoms with Crippen molar-refractivity contribution in [3.8, 4) is 0 Å². The highest BCUT2D eigenvalue weighted by Gasteiger charge is 2.29. The van der Waals surface area contributed by atoms with Gasteiger partial charge in [-0.2, -0.15) is 0 Å². The molecule has 6 heteroatoms. The minimum Gasteiger partial charge on any atom is -0.294 e. The molecule has 0 spiro atoms. The Bertz CT molecular complexity index is 455. The van der Waals surface area contributed by atoms with Crippen molar-refractivity contribution in [2.24, 2.45) is 5.92 Å². The smallest absolute Gasteiger partial charge is 0.200 e. The molecule has 0 saturated carbocycles. The summed E-state index contributed by atoms with van der Waals surface area (Å²) in [5, 5.41) is 0. The first kappa shape index (κ1) is 14.6. The van der Waals surface area contributed by atoms with Crippen LogP contribution in [0.15, 0.2) is 0 Å². The van der Waals surface area contributed by atoms with Crippen LogP contribution in [0.25, 0.3) is 0 Å². The minimum absolute atomic E-state index is 0.201. The summed E-state index contributed by atoms with van der Waals surface area (Å²) in [6.07, 6.45) is 0.288. The lowest BCUT2D eigenvalue weighted by Gasteiger charge is -2.10. The maximum Gasteiger partial charge on any atom is 0.200 e. The summed E-state index contributed by atoms with van der Waals surface area (Å²) in [7, 11) is 0. The Hall–Kier alpha value is -1.46. The first-order chi connectivity index (χ1) is 8.31. The van der Waals surface area contributed by atoms with Gasteiger partial charge in [0, 0.05) is 6.42 Å². The standard InChI is InChI=1S/C12H11F5O/c1-3-5(2)4-6(18)7-8(13)10(15)12(17)11(16)9(7)14/h5H,3-4H2,1-2H3. The zero-order chi connectivity index (χ0) is 14.0. The Kier molecular flexibility index (Phi) is 4.43. The maximum atomic E-state index is 13.3. The van der Waals surface area contributed by atoms with E-state index in [0.717, 1.165) is 0 Å². The van der Waals surface area contributed by atoms with Crippen molar-refractivity contribution in [1.29, 1.82) is 0 Å². The second-order valence-electron chi connectivity index (χ2n) is 4.09. The number of carbonyl (C=O) groups is 1. The van der Waals surface area contributed by atoms with Crippen LogP contribution in [0.4, 0.5) is 22.0 Å². The third-order valence-electron chi connectivity index (χ3n) is 2.72. The predicted octanol–water partition coefficient (Wildman–Crippen LogP) is 4.00. The Morgan fingerprint density at radius 1 is 0.944 bits per heavy atom. The quantitative estimate of drug-likeness (QED) is 0.348. The van der Waals surface area contributed by atoms with E-state index in [-0.39, 0.29) is 12.3 Å². The molecular weight excluding hydrogens is 255 g/mol. The summed E-state index contributed by atoms with van der Waals surface area (Å²) in [5.41, 5.74) is -1.35. The molecule has 1 unspecified atom stereocenters. The van der Waals surface area contributed by atoms with Crippen molar-refractivity contribution in [3.05, 3.63) is 34.6 Å². The monoisotopic (exact) mass is 266 g/mol. The summed E-state index contributed by atoms with van der Waals surface area (Å²) in [5.74, 6) is -11.9. The fourth-order valence-electron chi connectivity index (χ4n) is 1.41. The third kappa shape index (κ3) is 2.52. The van der Waals surface area contributed by atoms with Gasteiger partial charge in [-0.05, 0) is 5.92 Å². The summed E-state index contributed by atoms with van der Waals surface area (Å²) < 4.78 is 65.0. The maximum absolute atomic E-state index is 13.3. The van der Waals surface area contributed by atoms with Crippen LogP contribution >= 0.6 is 0 Å². The zero-order valence-corrected chi connectivity index (χ0v) is 9.79. The van der Waals surface area contributed by atoms with Gasteiger partial charge >= 0.3 is 0 Å². The average Bonchev–Trinajstić information content (AvgIpc) is 2.34. The second-order valence-corrected chi connectivity index (χ2v) is 4.09. The topological polar surface area (TPSA) is 17.1 Å². The van der Waals surface area contributed by atoms with Gasteiger partial charge in [0.2, 0.25) is 5.82 Å². The van der Waals surface area contributed by atoms with Crippen molar-refractivity contribution in [1.82, 2.24) is 0 Å². The lowest BCUT2D eigenvalue weighted by molar-refractivity contribution is 0.0952. The molecule has 0 bridgehead atoms. The number of ketones is 1. The molecule has 1 atom stereocenters. The van der Waals surface area contributed by atoms with E-state index in [1.807, 2.05) is 0 Å². The van der Waals surface area contributed by atoms with Crippen LogP contribution < -0.4 is 0 Å². The summed E-state index contributed by atoms with van der Waals surface area (Å²) in [6.45, 7) is 3.39. The molecule has 0 fully saturated rings. The second kappa shape index (κ2) is 5.46. The van der Waals surface area contributed by atoms with Gasteiger partial charge in [-0.3, -0.25) is 4.79 Å². The molecule has 0 amide bonds. The number of benzene rings is 1. The van der Waals surface area contributed by atoms with Gasteiger partial charge in [0.1, 0.15) is 0 Å². The van der Waals surface area contributed by atoms with Gasteiger partial charge in [-0.15, -0.1) is 0 Å². The molecule has 0 N–H and O–H groups in total. The molecule has 0 saturated heterocycles. The van der Waals surface area contributed by atoms with Crippen LogP contribution in [-0.4, -0.2) is 5.78 Å². The first-order valence-corrected chi connectivity index (χ1v) is 5.35. The highest BCUT2D eigenvalue weighted by Crippen LogP contribution is 2.25. The van der Waals surface area contributed by atoms with E-state index < -0.39 is 40.4 Å². The molecule has 1 aromatic carbocycles. The number of halogens is 5. The van der Waals surface area contributed by atoms with E-state index in [1.165, 1.54) is 0 Å². The Morgan fingerprint density at radius 3 is 1.72 bits per heavy atom. The average molecular weight is 266 g/mol. The number of rotatable bonds is 4. The minimum atomic E-state index is -2.26. The molecule has 0 radical (unpaired) electrons. The molecule has 100 valence electrons. The lowest BCUT2D eigenvalue weighted by Crippen LogP contribution is -2.14. The largest absolute Gasteiger partial charge is 0.294 e. The molecular formula is C12H11F5O.